The molecule has 2 rings (SSSR count). The lowest BCUT2D eigenvalue weighted by Crippen LogP contribution is -2.36. The summed E-state index contributed by atoms with van der Waals surface area (Å²) >= 11 is 0. The van der Waals surface area contributed by atoms with Crippen LogP contribution >= 0.6 is 0 Å². The fourth-order valence-corrected chi connectivity index (χ4v) is 3.10. The summed E-state index contributed by atoms with van der Waals surface area (Å²) in [4.78, 5) is 2.81. The van der Waals surface area contributed by atoms with Gasteiger partial charge in [-0.2, -0.15) is 0 Å². The number of hydrogen-bond donors (Lipinski definition) is 0. The quantitative estimate of drug-likeness (QED) is 0.601. The zero-order valence-electron chi connectivity index (χ0n) is 10.4. The molecule has 1 aliphatic carbocycles. The highest BCUT2D eigenvalue weighted by Crippen LogP contribution is 2.31. The van der Waals surface area contributed by atoms with E-state index in [4.69, 9.17) is 0 Å². The number of unbranched alkanes of at least 4 members (excludes halogenated alkanes) is 2. The highest BCUT2D eigenvalue weighted by Gasteiger charge is 2.28. The van der Waals surface area contributed by atoms with Gasteiger partial charge in [-0.25, -0.2) is 0 Å². The minimum Gasteiger partial charge on any atom is -0.300 e. The normalized spacial score (nSPS) is 28.2. The molecule has 1 heteroatoms. The Kier molecular flexibility index (Phi) is 4.49. The van der Waals surface area contributed by atoms with Gasteiger partial charge in [-0.05, 0) is 44.6 Å². The van der Waals surface area contributed by atoms with Crippen LogP contribution in [-0.4, -0.2) is 24.0 Å². The van der Waals surface area contributed by atoms with Crippen molar-refractivity contribution in [2.24, 2.45) is 5.92 Å². The van der Waals surface area contributed by atoms with E-state index in [0.29, 0.717) is 0 Å². The molecule has 2 aliphatic rings. The lowest BCUT2D eigenvalue weighted by Gasteiger charge is -2.33. The first kappa shape index (κ1) is 11.4. The molecule has 0 spiro atoms. The van der Waals surface area contributed by atoms with E-state index >= 15 is 0 Å². The van der Waals surface area contributed by atoms with E-state index in [2.05, 4.69) is 11.8 Å². The minimum atomic E-state index is 0.956. The van der Waals surface area contributed by atoms with Gasteiger partial charge >= 0.3 is 0 Å². The molecule has 0 aromatic carbocycles. The van der Waals surface area contributed by atoms with Crippen molar-refractivity contribution in [1.82, 2.24) is 4.90 Å². The lowest BCUT2D eigenvalue weighted by molar-refractivity contribution is 0.159. The van der Waals surface area contributed by atoms with E-state index in [9.17, 15) is 0 Å². The molecule has 1 saturated heterocycles. The fraction of sp³-hybridized carbons (Fsp3) is 1.00. The summed E-state index contributed by atoms with van der Waals surface area (Å²) in [5.41, 5.74) is 0. The molecular formula is C14H27N. The van der Waals surface area contributed by atoms with Gasteiger partial charge in [-0.3, -0.25) is 0 Å². The van der Waals surface area contributed by atoms with Crippen LogP contribution in [0.25, 0.3) is 0 Å². The summed E-state index contributed by atoms with van der Waals surface area (Å²) in [6.07, 6.45) is 13.2. The maximum Gasteiger partial charge on any atom is 0.00958 e. The molecule has 1 heterocycles. The molecule has 1 saturated carbocycles. The SMILES string of the molecule is CCCCCC1CCCN1CC1CCC1. The number of likely N-dealkylation sites (tertiary alicyclic amines) is 1. The second-order valence-electron chi connectivity index (χ2n) is 5.58. The van der Waals surface area contributed by atoms with E-state index in [1.807, 2.05) is 0 Å². The third kappa shape index (κ3) is 3.21. The maximum absolute atomic E-state index is 2.81. The molecule has 0 bridgehead atoms. The largest absolute Gasteiger partial charge is 0.300 e. The first-order chi connectivity index (χ1) is 7.40. The molecule has 2 fully saturated rings. The van der Waals surface area contributed by atoms with Gasteiger partial charge < -0.3 is 4.90 Å². The van der Waals surface area contributed by atoms with Crippen molar-refractivity contribution in [3.8, 4) is 0 Å². The Morgan fingerprint density at radius 1 is 1.07 bits per heavy atom. The van der Waals surface area contributed by atoms with Crippen LogP contribution in [0.5, 0.6) is 0 Å². The first-order valence-electron chi connectivity index (χ1n) is 7.14. The number of rotatable bonds is 6. The van der Waals surface area contributed by atoms with Crippen LogP contribution in [0.4, 0.5) is 0 Å². The minimum absolute atomic E-state index is 0.956. The summed E-state index contributed by atoms with van der Waals surface area (Å²) in [6, 6.07) is 0.956. The van der Waals surface area contributed by atoms with Crippen LogP contribution in [0, 0.1) is 5.92 Å². The Morgan fingerprint density at radius 2 is 1.93 bits per heavy atom. The average Bonchev–Trinajstić information content (AvgIpc) is 2.60. The molecule has 0 N–H and O–H groups in total. The summed E-state index contributed by atoms with van der Waals surface area (Å²) in [7, 11) is 0. The summed E-state index contributed by atoms with van der Waals surface area (Å²) in [5.74, 6) is 1.07. The van der Waals surface area contributed by atoms with Gasteiger partial charge in [0, 0.05) is 12.6 Å². The van der Waals surface area contributed by atoms with E-state index in [1.54, 1.807) is 0 Å². The molecule has 15 heavy (non-hydrogen) atoms. The Hall–Kier alpha value is -0.0400. The predicted octanol–water partition coefficient (Wildman–Crippen LogP) is 3.83. The van der Waals surface area contributed by atoms with Crippen molar-refractivity contribution in [2.45, 2.75) is 70.8 Å². The predicted molar refractivity (Wildman–Crippen MR) is 66.1 cm³/mol. The standard InChI is InChI=1S/C14H27N/c1-2-3-4-9-14-10-6-11-15(14)12-13-7-5-8-13/h13-14H,2-12H2,1H3. The van der Waals surface area contributed by atoms with Crippen molar-refractivity contribution in [3.05, 3.63) is 0 Å². The third-order valence-electron chi connectivity index (χ3n) is 4.36. The Balaban J connectivity index is 1.67. The molecular weight excluding hydrogens is 182 g/mol. The van der Waals surface area contributed by atoms with Gasteiger partial charge in [0.1, 0.15) is 0 Å². The van der Waals surface area contributed by atoms with Gasteiger partial charge in [0.25, 0.3) is 0 Å². The highest BCUT2D eigenvalue weighted by molar-refractivity contribution is 4.83. The molecule has 0 aromatic rings. The average molecular weight is 209 g/mol. The van der Waals surface area contributed by atoms with Crippen molar-refractivity contribution in [2.75, 3.05) is 13.1 Å². The second-order valence-corrected chi connectivity index (χ2v) is 5.58. The monoisotopic (exact) mass is 209 g/mol. The van der Waals surface area contributed by atoms with Gasteiger partial charge in [-0.15, -0.1) is 0 Å². The summed E-state index contributed by atoms with van der Waals surface area (Å²) < 4.78 is 0. The highest BCUT2D eigenvalue weighted by atomic mass is 15.2. The van der Waals surface area contributed by atoms with Crippen molar-refractivity contribution >= 4 is 0 Å². The van der Waals surface area contributed by atoms with Gasteiger partial charge in [0.15, 0.2) is 0 Å². The van der Waals surface area contributed by atoms with E-state index in [0.717, 1.165) is 12.0 Å². The molecule has 1 unspecified atom stereocenters. The van der Waals surface area contributed by atoms with Crippen molar-refractivity contribution in [1.29, 1.82) is 0 Å². The third-order valence-corrected chi connectivity index (χ3v) is 4.36. The number of nitrogens with zero attached hydrogens (tertiary/aromatic N) is 1. The lowest BCUT2D eigenvalue weighted by atomic mass is 9.85. The molecule has 0 radical (unpaired) electrons. The topological polar surface area (TPSA) is 3.24 Å². The summed E-state index contributed by atoms with van der Waals surface area (Å²) in [5, 5.41) is 0. The van der Waals surface area contributed by atoms with Gasteiger partial charge in [0.2, 0.25) is 0 Å². The van der Waals surface area contributed by atoms with Crippen LogP contribution in [0.1, 0.15) is 64.7 Å². The molecule has 0 aromatic heterocycles. The van der Waals surface area contributed by atoms with E-state index < -0.39 is 0 Å². The van der Waals surface area contributed by atoms with Crippen LogP contribution in [0.2, 0.25) is 0 Å². The van der Waals surface area contributed by atoms with E-state index in [-0.39, 0.29) is 0 Å². The molecule has 1 nitrogen and oxygen atoms in total. The van der Waals surface area contributed by atoms with Crippen LogP contribution < -0.4 is 0 Å². The summed E-state index contributed by atoms with van der Waals surface area (Å²) in [6.45, 7) is 5.13. The maximum atomic E-state index is 2.81. The molecule has 88 valence electrons. The van der Waals surface area contributed by atoms with Crippen LogP contribution in [0.3, 0.4) is 0 Å². The van der Waals surface area contributed by atoms with Gasteiger partial charge in [-0.1, -0.05) is 32.6 Å². The Bertz CT molecular complexity index is 174. The number of hydrogen-bond acceptors (Lipinski definition) is 1. The van der Waals surface area contributed by atoms with Crippen molar-refractivity contribution in [3.63, 3.8) is 0 Å². The molecule has 0 amide bonds. The van der Waals surface area contributed by atoms with Crippen molar-refractivity contribution < 1.29 is 0 Å². The zero-order chi connectivity index (χ0) is 10.5. The Labute approximate surface area is 95.2 Å². The van der Waals surface area contributed by atoms with Crippen LogP contribution in [-0.2, 0) is 0 Å². The molecule has 1 atom stereocenters. The van der Waals surface area contributed by atoms with Gasteiger partial charge in [0.05, 0.1) is 0 Å². The zero-order valence-corrected chi connectivity index (χ0v) is 10.4. The van der Waals surface area contributed by atoms with Crippen LogP contribution in [0.15, 0.2) is 0 Å². The smallest absolute Gasteiger partial charge is 0.00958 e. The first-order valence-corrected chi connectivity index (χ1v) is 7.14. The Morgan fingerprint density at radius 3 is 2.60 bits per heavy atom. The second kappa shape index (κ2) is 5.89. The molecule has 1 aliphatic heterocycles. The fourth-order valence-electron chi connectivity index (χ4n) is 3.10. The van der Waals surface area contributed by atoms with E-state index in [1.165, 1.54) is 70.9 Å².